The number of sulfone groups is 1. The number of carbonyl (C=O) groups is 1. The predicted molar refractivity (Wildman–Crippen MR) is 83.0 cm³/mol. The van der Waals surface area contributed by atoms with Gasteiger partial charge in [0.2, 0.25) is 5.91 Å². The van der Waals surface area contributed by atoms with E-state index in [1.165, 1.54) is 12.1 Å². The standard InChI is InChI=1S/C15H19F3N2O3S/c1-20(8-11-2-4-12(5-3-11)15(16,17)18)9-14(21)19-13-6-7-24(22,23)10-13/h2-5,13H,6-10H2,1H3,(H,19,21). The van der Waals surface area contributed by atoms with Crippen LogP contribution in [0.2, 0.25) is 0 Å². The first-order valence-electron chi connectivity index (χ1n) is 7.40. The zero-order valence-electron chi connectivity index (χ0n) is 13.1. The number of nitrogens with zero attached hydrogens (tertiary/aromatic N) is 1. The van der Waals surface area contributed by atoms with Crippen molar-refractivity contribution >= 4 is 15.7 Å². The quantitative estimate of drug-likeness (QED) is 0.859. The van der Waals surface area contributed by atoms with Crippen LogP contribution in [0.1, 0.15) is 17.5 Å². The van der Waals surface area contributed by atoms with Crippen LogP contribution in [-0.2, 0) is 27.4 Å². The fourth-order valence-corrected chi connectivity index (χ4v) is 4.27. The number of likely N-dealkylation sites (N-methyl/N-ethyl adjacent to an activating group) is 1. The van der Waals surface area contributed by atoms with E-state index < -0.39 is 21.6 Å². The van der Waals surface area contributed by atoms with E-state index in [2.05, 4.69) is 5.32 Å². The Kier molecular flexibility index (Phi) is 5.54. The Labute approximate surface area is 138 Å². The van der Waals surface area contributed by atoms with Crippen LogP contribution in [-0.4, -0.2) is 50.4 Å². The van der Waals surface area contributed by atoms with Crippen molar-refractivity contribution in [1.29, 1.82) is 0 Å². The summed E-state index contributed by atoms with van der Waals surface area (Å²) >= 11 is 0. The van der Waals surface area contributed by atoms with Crippen molar-refractivity contribution in [3.8, 4) is 0 Å². The van der Waals surface area contributed by atoms with Gasteiger partial charge in [-0.15, -0.1) is 0 Å². The van der Waals surface area contributed by atoms with Gasteiger partial charge in [0, 0.05) is 12.6 Å². The highest BCUT2D eigenvalue weighted by Gasteiger charge is 2.30. The Morgan fingerprint density at radius 3 is 2.42 bits per heavy atom. The molecule has 0 aliphatic carbocycles. The van der Waals surface area contributed by atoms with Gasteiger partial charge in [-0.1, -0.05) is 12.1 Å². The first kappa shape index (κ1) is 18.7. The third-order valence-corrected chi connectivity index (χ3v) is 5.51. The van der Waals surface area contributed by atoms with E-state index in [0.29, 0.717) is 18.5 Å². The minimum absolute atomic E-state index is 0.0393. The first-order valence-corrected chi connectivity index (χ1v) is 9.22. The third kappa shape index (κ3) is 5.48. The second-order valence-electron chi connectivity index (χ2n) is 6.03. The van der Waals surface area contributed by atoms with Crippen LogP contribution in [0, 0.1) is 0 Å². The molecule has 1 heterocycles. The Hall–Kier alpha value is -1.61. The lowest BCUT2D eigenvalue weighted by molar-refractivity contribution is -0.137. The lowest BCUT2D eigenvalue weighted by atomic mass is 10.1. The van der Waals surface area contributed by atoms with Crippen LogP contribution in [0.5, 0.6) is 0 Å². The summed E-state index contributed by atoms with van der Waals surface area (Å²) < 4.78 is 60.2. The number of rotatable bonds is 5. The Bertz CT molecular complexity index is 687. The minimum Gasteiger partial charge on any atom is -0.351 e. The number of alkyl halides is 3. The second-order valence-corrected chi connectivity index (χ2v) is 8.26. The zero-order chi connectivity index (χ0) is 18.0. The molecule has 9 heteroatoms. The monoisotopic (exact) mass is 364 g/mol. The van der Waals surface area contributed by atoms with Crippen LogP contribution < -0.4 is 5.32 Å². The molecule has 1 atom stereocenters. The smallest absolute Gasteiger partial charge is 0.351 e. The normalized spacial score (nSPS) is 20.3. The molecule has 134 valence electrons. The SMILES string of the molecule is CN(CC(=O)NC1CCS(=O)(=O)C1)Cc1ccc(C(F)(F)F)cc1. The number of hydrogen-bond acceptors (Lipinski definition) is 4. The summed E-state index contributed by atoms with van der Waals surface area (Å²) in [5.74, 6) is -0.257. The van der Waals surface area contributed by atoms with Crippen molar-refractivity contribution in [3.05, 3.63) is 35.4 Å². The molecule has 1 aliphatic rings. The average molecular weight is 364 g/mol. The maximum atomic E-state index is 12.5. The van der Waals surface area contributed by atoms with Crippen molar-refractivity contribution in [2.45, 2.75) is 25.2 Å². The van der Waals surface area contributed by atoms with E-state index in [1.54, 1.807) is 11.9 Å². The Morgan fingerprint density at radius 2 is 1.92 bits per heavy atom. The van der Waals surface area contributed by atoms with Crippen molar-refractivity contribution in [1.82, 2.24) is 10.2 Å². The molecule has 0 aromatic heterocycles. The molecule has 1 amide bonds. The number of carbonyl (C=O) groups excluding carboxylic acids is 1. The van der Waals surface area contributed by atoms with Gasteiger partial charge in [0.15, 0.2) is 9.84 Å². The Balaban J connectivity index is 1.82. The van der Waals surface area contributed by atoms with Gasteiger partial charge in [0.25, 0.3) is 0 Å². The highest BCUT2D eigenvalue weighted by molar-refractivity contribution is 7.91. The van der Waals surface area contributed by atoms with E-state index in [0.717, 1.165) is 12.1 Å². The van der Waals surface area contributed by atoms with Crippen LogP contribution >= 0.6 is 0 Å². The molecule has 2 rings (SSSR count). The van der Waals surface area contributed by atoms with E-state index in [9.17, 15) is 26.4 Å². The number of nitrogens with one attached hydrogen (secondary N) is 1. The van der Waals surface area contributed by atoms with Crippen molar-refractivity contribution < 1.29 is 26.4 Å². The largest absolute Gasteiger partial charge is 0.416 e. The predicted octanol–water partition coefficient (Wildman–Crippen LogP) is 1.44. The molecule has 24 heavy (non-hydrogen) atoms. The van der Waals surface area contributed by atoms with Crippen LogP contribution in [0.15, 0.2) is 24.3 Å². The number of halogens is 3. The molecule has 0 saturated carbocycles. The summed E-state index contributed by atoms with van der Waals surface area (Å²) in [6, 6.07) is 4.41. The molecule has 1 aliphatic heterocycles. The molecule has 0 radical (unpaired) electrons. The number of amides is 1. The van der Waals surface area contributed by atoms with Gasteiger partial charge in [-0.05, 0) is 31.2 Å². The summed E-state index contributed by atoms with van der Waals surface area (Å²) in [5.41, 5.74) is -0.0594. The highest BCUT2D eigenvalue weighted by Crippen LogP contribution is 2.29. The molecule has 0 spiro atoms. The van der Waals surface area contributed by atoms with E-state index in [4.69, 9.17) is 0 Å². The fraction of sp³-hybridized carbons (Fsp3) is 0.533. The van der Waals surface area contributed by atoms with E-state index in [-0.39, 0.29) is 30.0 Å². The van der Waals surface area contributed by atoms with E-state index >= 15 is 0 Å². The van der Waals surface area contributed by atoms with Gasteiger partial charge < -0.3 is 5.32 Å². The van der Waals surface area contributed by atoms with E-state index in [1.807, 2.05) is 0 Å². The molecular formula is C15H19F3N2O3S. The summed E-state index contributed by atoms with van der Waals surface area (Å²) in [5, 5.41) is 2.67. The highest BCUT2D eigenvalue weighted by atomic mass is 32.2. The second kappa shape index (κ2) is 7.10. The third-order valence-electron chi connectivity index (χ3n) is 3.74. The van der Waals surface area contributed by atoms with Gasteiger partial charge in [-0.25, -0.2) is 8.42 Å². The van der Waals surface area contributed by atoms with Crippen molar-refractivity contribution in [3.63, 3.8) is 0 Å². The topological polar surface area (TPSA) is 66.5 Å². The summed E-state index contributed by atoms with van der Waals surface area (Å²) in [7, 11) is -1.39. The number of benzene rings is 1. The van der Waals surface area contributed by atoms with Gasteiger partial charge in [-0.2, -0.15) is 13.2 Å². The summed E-state index contributed by atoms with van der Waals surface area (Å²) in [4.78, 5) is 13.6. The molecule has 1 fully saturated rings. The summed E-state index contributed by atoms with van der Waals surface area (Å²) in [6.45, 7) is 0.353. The minimum atomic E-state index is -4.37. The van der Waals surface area contributed by atoms with Crippen molar-refractivity contribution in [2.75, 3.05) is 25.1 Å². The molecule has 0 bridgehead atoms. The molecule has 1 unspecified atom stereocenters. The molecule has 1 N–H and O–H groups in total. The Morgan fingerprint density at radius 1 is 1.29 bits per heavy atom. The molecular weight excluding hydrogens is 345 g/mol. The van der Waals surface area contributed by atoms with Crippen molar-refractivity contribution in [2.24, 2.45) is 0 Å². The van der Waals surface area contributed by atoms with Gasteiger partial charge in [0.05, 0.1) is 23.6 Å². The van der Waals surface area contributed by atoms with Crippen LogP contribution in [0.3, 0.4) is 0 Å². The van der Waals surface area contributed by atoms with Gasteiger partial charge >= 0.3 is 6.18 Å². The van der Waals surface area contributed by atoms with Gasteiger partial charge in [-0.3, -0.25) is 9.69 Å². The molecule has 1 saturated heterocycles. The maximum Gasteiger partial charge on any atom is 0.416 e. The average Bonchev–Trinajstić information content (AvgIpc) is 2.77. The van der Waals surface area contributed by atoms with Crippen LogP contribution in [0.4, 0.5) is 13.2 Å². The summed E-state index contributed by atoms with van der Waals surface area (Å²) in [6.07, 6.45) is -3.96. The number of hydrogen-bond donors (Lipinski definition) is 1. The zero-order valence-corrected chi connectivity index (χ0v) is 14.0. The maximum absolute atomic E-state index is 12.5. The lowest BCUT2D eigenvalue weighted by Gasteiger charge is -2.18. The van der Waals surface area contributed by atoms with Gasteiger partial charge in [0.1, 0.15) is 0 Å². The molecule has 1 aromatic carbocycles. The lowest BCUT2D eigenvalue weighted by Crippen LogP contribution is -2.41. The molecule has 5 nitrogen and oxygen atoms in total. The fourth-order valence-electron chi connectivity index (χ4n) is 2.59. The molecule has 1 aromatic rings. The first-order chi connectivity index (χ1) is 11.0. The van der Waals surface area contributed by atoms with Crippen LogP contribution in [0.25, 0.3) is 0 Å².